The number of nitrogens with zero attached hydrogens (tertiary/aromatic N) is 4. The highest BCUT2D eigenvalue weighted by Gasteiger charge is 2.25. The normalized spacial score (nSPS) is 16.6. The van der Waals surface area contributed by atoms with Crippen molar-refractivity contribution in [1.82, 2.24) is 20.8 Å². The summed E-state index contributed by atoms with van der Waals surface area (Å²) in [6.07, 6.45) is 2.72. The number of rotatable bonds is 7. The Balaban J connectivity index is 0.00000280. The Morgan fingerprint density at radius 1 is 1.39 bits per heavy atom. The predicted octanol–water partition coefficient (Wildman–Crippen LogP) is 2.38. The molecule has 3 rings (SSSR count). The van der Waals surface area contributed by atoms with Crippen LogP contribution in [0, 0.1) is 6.92 Å². The summed E-state index contributed by atoms with van der Waals surface area (Å²) < 4.78 is 10.6. The lowest BCUT2D eigenvalue weighted by Crippen LogP contribution is -2.44. The minimum Gasteiger partial charge on any atom is -0.495 e. The number of anilines is 1. The maximum Gasteiger partial charge on any atom is 0.226 e. The molecule has 0 amide bonds. The molecule has 1 fully saturated rings. The van der Waals surface area contributed by atoms with E-state index in [1.807, 2.05) is 25.1 Å². The minimum absolute atomic E-state index is 0. The molecule has 8 nitrogen and oxygen atoms in total. The summed E-state index contributed by atoms with van der Waals surface area (Å²) in [6.45, 7) is 4.53. The molecule has 1 aromatic heterocycles. The van der Waals surface area contributed by atoms with Crippen LogP contribution in [0.25, 0.3) is 0 Å². The van der Waals surface area contributed by atoms with Gasteiger partial charge in [-0.1, -0.05) is 17.3 Å². The lowest BCUT2D eigenvalue weighted by atomic mass is 10.2. The van der Waals surface area contributed by atoms with Crippen LogP contribution in [0.15, 0.2) is 33.8 Å². The number of methoxy groups -OCH3 is 1. The van der Waals surface area contributed by atoms with Crippen LogP contribution in [0.2, 0.25) is 0 Å². The zero-order valence-corrected chi connectivity index (χ0v) is 19.0. The molecular weight excluding hydrogens is 471 g/mol. The predicted molar refractivity (Wildman–Crippen MR) is 121 cm³/mol. The summed E-state index contributed by atoms with van der Waals surface area (Å²) in [5, 5.41) is 10.7. The van der Waals surface area contributed by atoms with E-state index in [0.29, 0.717) is 17.8 Å². The molecular formula is C19H29IN6O2. The van der Waals surface area contributed by atoms with Crippen LogP contribution in [0.4, 0.5) is 5.69 Å². The van der Waals surface area contributed by atoms with Crippen LogP contribution in [-0.4, -0.2) is 55.9 Å². The number of ether oxygens (including phenoxy) is 1. The Bertz CT molecular complexity index is 766. The molecule has 1 unspecified atom stereocenters. The molecule has 1 aliphatic heterocycles. The number of para-hydroxylation sites is 2. The third kappa shape index (κ3) is 5.98. The van der Waals surface area contributed by atoms with Gasteiger partial charge in [0.15, 0.2) is 11.8 Å². The number of hydrogen-bond donors (Lipinski definition) is 2. The van der Waals surface area contributed by atoms with E-state index in [1.165, 1.54) is 0 Å². The van der Waals surface area contributed by atoms with Crippen LogP contribution < -0.4 is 20.3 Å². The van der Waals surface area contributed by atoms with E-state index in [2.05, 4.69) is 36.7 Å². The molecule has 28 heavy (non-hydrogen) atoms. The SMILES string of the molecule is CN=C(NCCCc1nc(C)no1)NC1CCN(c2ccccc2OC)C1.I. The number of aliphatic imine (C=N–C) groups is 1. The van der Waals surface area contributed by atoms with Crippen molar-refractivity contribution >= 4 is 35.6 Å². The summed E-state index contributed by atoms with van der Waals surface area (Å²) in [6, 6.07) is 8.49. The average molecular weight is 500 g/mol. The van der Waals surface area contributed by atoms with Crippen molar-refractivity contribution in [3.63, 3.8) is 0 Å². The van der Waals surface area contributed by atoms with Gasteiger partial charge in [-0.3, -0.25) is 4.99 Å². The smallest absolute Gasteiger partial charge is 0.226 e. The zero-order chi connectivity index (χ0) is 19.1. The van der Waals surface area contributed by atoms with Crippen molar-refractivity contribution in [3.8, 4) is 5.75 Å². The van der Waals surface area contributed by atoms with Crippen LogP contribution >= 0.6 is 24.0 Å². The van der Waals surface area contributed by atoms with Gasteiger partial charge in [0.05, 0.1) is 12.8 Å². The van der Waals surface area contributed by atoms with Gasteiger partial charge in [0, 0.05) is 39.1 Å². The zero-order valence-electron chi connectivity index (χ0n) is 16.6. The Kier molecular flexibility index (Phi) is 8.81. The molecule has 2 aromatic rings. The quantitative estimate of drug-likeness (QED) is 0.261. The van der Waals surface area contributed by atoms with Crippen molar-refractivity contribution in [2.24, 2.45) is 4.99 Å². The maximum atomic E-state index is 5.48. The topological polar surface area (TPSA) is 87.8 Å². The fraction of sp³-hybridized carbons (Fsp3) is 0.526. The number of halogens is 1. The monoisotopic (exact) mass is 500 g/mol. The van der Waals surface area contributed by atoms with E-state index in [0.717, 1.165) is 56.3 Å². The highest BCUT2D eigenvalue weighted by molar-refractivity contribution is 14.0. The first-order valence-corrected chi connectivity index (χ1v) is 9.34. The molecule has 2 N–H and O–H groups in total. The van der Waals surface area contributed by atoms with E-state index in [9.17, 15) is 0 Å². The molecule has 9 heteroatoms. The molecule has 0 bridgehead atoms. The van der Waals surface area contributed by atoms with Crippen LogP contribution in [-0.2, 0) is 6.42 Å². The molecule has 0 aliphatic carbocycles. The van der Waals surface area contributed by atoms with Crippen molar-refractivity contribution in [2.45, 2.75) is 32.2 Å². The highest BCUT2D eigenvalue weighted by Crippen LogP contribution is 2.30. The second kappa shape index (κ2) is 11.1. The van der Waals surface area contributed by atoms with E-state index >= 15 is 0 Å². The number of benzene rings is 1. The van der Waals surface area contributed by atoms with Crippen LogP contribution in [0.5, 0.6) is 5.75 Å². The Morgan fingerprint density at radius 2 is 2.21 bits per heavy atom. The molecule has 1 aromatic carbocycles. The molecule has 1 saturated heterocycles. The van der Waals surface area contributed by atoms with Gasteiger partial charge in [0.1, 0.15) is 5.75 Å². The van der Waals surface area contributed by atoms with Crippen LogP contribution in [0.1, 0.15) is 24.6 Å². The van der Waals surface area contributed by atoms with Gasteiger partial charge in [-0.05, 0) is 31.9 Å². The van der Waals surface area contributed by atoms with Gasteiger partial charge in [-0.15, -0.1) is 24.0 Å². The molecule has 1 atom stereocenters. The fourth-order valence-corrected chi connectivity index (χ4v) is 3.26. The maximum absolute atomic E-state index is 5.48. The van der Waals surface area contributed by atoms with E-state index in [1.54, 1.807) is 14.2 Å². The van der Waals surface area contributed by atoms with E-state index < -0.39 is 0 Å². The van der Waals surface area contributed by atoms with Gasteiger partial charge in [0.25, 0.3) is 0 Å². The summed E-state index contributed by atoms with van der Waals surface area (Å²) >= 11 is 0. The lowest BCUT2D eigenvalue weighted by Gasteiger charge is -2.22. The number of aromatic nitrogens is 2. The number of hydrogen-bond acceptors (Lipinski definition) is 6. The highest BCUT2D eigenvalue weighted by atomic mass is 127. The minimum atomic E-state index is 0. The Morgan fingerprint density at radius 3 is 2.93 bits per heavy atom. The molecule has 2 heterocycles. The standard InChI is InChI=1S/C19H28N6O2.HI/c1-14-22-18(27-24-14)9-6-11-21-19(20-2)23-15-10-12-25(13-15)16-7-4-5-8-17(16)26-3;/h4-5,7-8,15H,6,9-13H2,1-3H3,(H2,20,21,23);1H. The van der Waals surface area contributed by atoms with E-state index in [4.69, 9.17) is 9.26 Å². The second-order valence-electron chi connectivity index (χ2n) is 6.59. The number of guanidine groups is 1. The lowest BCUT2D eigenvalue weighted by molar-refractivity contribution is 0.372. The van der Waals surface area contributed by atoms with Crippen molar-refractivity contribution in [1.29, 1.82) is 0 Å². The molecule has 0 saturated carbocycles. The summed E-state index contributed by atoms with van der Waals surface area (Å²) in [5.74, 6) is 3.09. The molecule has 0 radical (unpaired) electrons. The van der Waals surface area contributed by atoms with Crippen molar-refractivity contribution < 1.29 is 9.26 Å². The largest absolute Gasteiger partial charge is 0.495 e. The van der Waals surface area contributed by atoms with Crippen molar-refractivity contribution in [3.05, 3.63) is 36.0 Å². The fourth-order valence-electron chi connectivity index (χ4n) is 3.26. The first-order chi connectivity index (χ1) is 13.2. The summed E-state index contributed by atoms with van der Waals surface area (Å²) in [4.78, 5) is 10.9. The van der Waals surface area contributed by atoms with Gasteiger partial charge < -0.3 is 24.8 Å². The van der Waals surface area contributed by atoms with Gasteiger partial charge in [-0.2, -0.15) is 4.98 Å². The van der Waals surface area contributed by atoms with Gasteiger partial charge in [0.2, 0.25) is 5.89 Å². The average Bonchev–Trinajstić information content (AvgIpc) is 3.33. The van der Waals surface area contributed by atoms with Gasteiger partial charge in [-0.25, -0.2) is 0 Å². The van der Waals surface area contributed by atoms with E-state index in [-0.39, 0.29) is 24.0 Å². The summed E-state index contributed by atoms with van der Waals surface area (Å²) in [5.41, 5.74) is 1.14. The number of aryl methyl sites for hydroxylation is 2. The van der Waals surface area contributed by atoms with Crippen molar-refractivity contribution in [2.75, 3.05) is 38.7 Å². The third-order valence-electron chi connectivity index (χ3n) is 4.61. The third-order valence-corrected chi connectivity index (χ3v) is 4.61. The first-order valence-electron chi connectivity index (χ1n) is 9.34. The number of nitrogens with one attached hydrogen (secondary N) is 2. The Hall–Kier alpha value is -2.04. The molecule has 0 spiro atoms. The Labute approximate surface area is 183 Å². The summed E-state index contributed by atoms with van der Waals surface area (Å²) in [7, 11) is 3.51. The van der Waals surface area contributed by atoms with Gasteiger partial charge >= 0.3 is 0 Å². The molecule has 1 aliphatic rings. The van der Waals surface area contributed by atoms with Crippen LogP contribution in [0.3, 0.4) is 0 Å². The molecule has 154 valence electrons. The first kappa shape index (κ1) is 22.3. The second-order valence-corrected chi connectivity index (χ2v) is 6.59.